The highest BCUT2D eigenvalue weighted by Gasteiger charge is 2.34. The third kappa shape index (κ3) is 8.88. The Hall–Kier alpha value is -1.38. The molecule has 1 atom stereocenters. The number of rotatable bonds is 7. The summed E-state index contributed by atoms with van der Waals surface area (Å²) in [6, 6.07) is 5.94. The van der Waals surface area contributed by atoms with Crippen LogP contribution in [0.2, 0.25) is 0 Å². The van der Waals surface area contributed by atoms with Gasteiger partial charge >= 0.3 is 6.18 Å². The topological polar surface area (TPSA) is 44.7 Å². The van der Waals surface area contributed by atoms with Gasteiger partial charge in [0.05, 0.1) is 16.4 Å². The first-order valence-electron chi connectivity index (χ1n) is 9.94. The second-order valence-electron chi connectivity index (χ2n) is 7.03. The summed E-state index contributed by atoms with van der Waals surface area (Å²) in [5.74, 6) is 0.0811. The molecule has 0 bridgehead atoms. The maximum atomic E-state index is 12.9. The molecule has 0 radical (unpaired) electrons. The fourth-order valence-electron chi connectivity index (χ4n) is 3.23. The molecular weight excluding hydrogens is 399 g/mol. The van der Waals surface area contributed by atoms with Gasteiger partial charge in [-0.2, -0.15) is 13.2 Å². The van der Waals surface area contributed by atoms with E-state index < -0.39 is 11.7 Å². The summed E-state index contributed by atoms with van der Waals surface area (Å²) in [6.45, 7) is 9.48. The van der Waals surface area contributed by atoms with E-state index in [-0.39, 0.29) is 22.4 Å². The number of benzene rings is 1. The Balaban J connectivity index is 0.000000352. The quantitative estimate of drug-likeness (QED) is 0.393. The molecular formula is C21H32F3N3OS. The Morgan fingerprint density at radius 3 is 2.62 bits per heavy atom. The highest BCUT2D eigenvalue weighted by molar-refractivity contribution is 8.14. The van der Waals surface area contributed by atoms with Gasteiger partial charge in [-0.15, -0.1) is 0 Å². The summed E-state index contributed by atoms with van der Waals surface area (Å²) in [4.78, 5) is 17.1. The van der Waals surface area contributed by atoms with Crippen molar-refractivity contribution in [2.45, 2.75) is 51.9 Å². The molecule has 4 nitrogen and oxygen atoms in total. The van der Waals surface area contributed by atoms with Crippen molar-refractivity contribution in [2.75, 3.05) is 32.4 Å². The molecule has 1 N–H and O–H groups in total. The number of carbonyl (C=O) groups is 1. The minimum absolute atomic E-state index is 0.0237. The average Bonchev–Trinajstić information content (AvgIpc) is 3.12. The largest absolute Gasteiger partial charge is 0.417 e. The normalized spacial score (nSPS) is 17.9. The van der Waals surface area contributed by atoms with Gasteiger partial charge in [0.1, 0.15) is 6.29 Å². The van der Waals surface area contributed by atoms with Gasteiger partial charge in [-0.25, -0.2) is 0 Å². The predicted octanol–water partition coefficient (Wildman–Crippen LogP) is 4.48. The van der Waals surface area contributed by atoms with Crippen LogP contribution in [0.5, 0.6) is 0 Å². The molecule has 1 aromatic carbocycles. The third-order valence-corrected chi connectivity index (χ3v) is 5.37. The minimum atomic E-state index is -4.43. The molecule has 8 heteroatoms. The summed E-state index contributed by atoms with van der Waals surface area (Å²) >= 11 is 1.02. The van der Waals surface area contributed by atoms with Crippen LogP contribution in [0.1, 0.15) is 44.7 Å². The van der Waals surface area contributed by atoms with Gasteiger partial charge in [0, 0.05) is 24.2 Å². The number of thioether (sulfide) groups is 1. The van der Waals surface area contributed by atoms with Gasteiger partial charge in [-0.3, -0.25) is 9.89 Å². The van der Waals surface area contributed by atoms with Crippen molar-refractivity contribution in [3.8, 4) is 0 Å². The number of halogens is 3. The summed E-state index contributed by atoms with van der Waals surface area (Å²) < 4.78 is 38.8. The molecule has 1 unspecified atom stereocenters. The molecule has 0 aromatic heterocycles. The zero-order valence-corrected chi connectivity index (χ0v) is 18.4. The van der Waals surface area contributed by atoms with Crippen LogP contribution in [0.25, 0.3) is 0 Å². The van der Waals surface area contributed by atoms with Crippen LogP contribution in [-0.2, 0) is 11.0 Å². The van der Waals surface area contributed by atoms with Crippen molar-refractivity contribution in [3.63, 3.8) is 0 Å². The number of aldehydes is 1. The lowest BCUT2D eigenvalue weighted by atomic mass is 10.1. The van der Waals surface area contributed by atoms with E-state index >= 15 is 0 Å². The van der Waals surface area contributed by atoms with Crippen LogP contribution in [0.4, 0.5) is 13.2 Å². The van der Waals surface area contributed by atoms with E-state index in [0.717, 1.165) is 30.4 Å². The smallest absolute Gasteiger partial charge is 0.318 e. The summed E-state index contributed by atoms with van der Waals surface area (Å²) in [5, 5.41) is 3.48. The Kier molecular flexibility index (Phi) is 11.5. The van der Waals surface area contributed by atoms with Crippen molar-refractivity contribution in [2.24, 2.45) is 4.99 Å². The SMILES string of the molecule is CC(C)N=C(SCC=O)c1ccccc1C(F)(F)F.CCN1CCCC1CNC. The van der Waals surface area contributed by atoms with Crippen molar-refractivity contribution in [1.29, 1.82) is 0 Å². The first-order chi connectivity index (χ1) is 13.7. The molecule has 0 spiro atoms. The van der Waals surface area contributed by atoms with E-state index in [1.165, 1.54) is 44.1 Å². The van der Waals surface area contributed by atoms with Gasteiger partial charge in [-0.05, 0) is 52.9 Å². The van der Waals surface area contributed by atoms with Crippen LogP contribution in [0.15, 0.2) is 29.3 Å². The average molecular weight is 432 g/mol. The first kappa shape index (κ1) is 25.7. The second-order valence-corrected chi connectivity index (χ2v) is 8.04. The van der Waals surface area contributed by atoms with E-state index in [0.29, 0.717) is 6.29 Å². The van der Waals surface area contributed by atoms with Gasteiger partial charge in [0.25, 0.3) is 0 Å². The van der Waals surface area contributed by atoms with E-state index in [4.69, 9.17) is 0 Å². The summed E-state index contributed by atoms with van der Waals surface area (Å²) in [7, 11) is 2.03. The summed E-state index contributed by atoms with van der Waals surface area (Å²) in [6.07, 6.45) is -1.01. The molecule has 1 aromatic rings. The lowest BCUT2D eigenvalue weighted by Gasteiger charge is -2.21. The monoisotopic (exact) mass is 431 g/mol. The molecule has 1 fully saturated rings. The van der Waals surface area contributed by atoms with E-state index in [2.05, 4.69) is 22.1 Å². The van der Waals surface area contributed by atoms with Crippen molar-refractivity contribution < 1.29 is 18.0 Å². The molecule has 1 heterocycles. The molecule has 0 amide bonds. The molecule has 164 valence electrons. The van der Waals surface area contributed by atoms with Crippen LogP contribution in [-0.4, -0.2) is 60.7 Å². The maximum Gasteiger partial charge on any atom is 0.417 e. The highest BCUT2D eigenvalue weighted by atomic mass is 32.2. The van der Waals surface area contributed by atoms with Crippen LogP contribution in [0.3, 0.4) is 0 Å². The van der Waals surface area contributed by atoms with Gasteiger partial charge in [0.2, 0.25) is 0 Å². The van der Waals surface area contributed by atoms with E-state index in [1.54, 1.807) is 13.8 Å². The van der Waals surface area contributed by atoms with Gasteiger partial charge < -0.3 is 10.1 Å². The first-order valence-corrected chi connectivity index (χ1v) is 10.9. The third-order valence-electron chi connectivity index (χ3n) is 4.47. The standard InChI is InChI=1S/C13H14F3NOS.C8H18N2/c1-9(2)17-12(19-8-7-18)10-5-3-4-6-11(10)13(14,15)16;1-3-10-6-4-5-8(10)7-9-2/h3-7,9H,8H2,1-2H3;8-9H,3-7H2,1-2H3. The molecule has 1 aliphatic heterocycles. The Morgan fingerprint density at radius 2 is 2.07 bits per heavy atom. The molecule has 2 rings (SSSR count). The molecule has 29 heavy (non-hydrogen) atoms. The molecule has 0 aliphatic carbocycles. The van der Waals surface area contributed by atoms with E-state index in [9.17, 15) is 18.0 Å². The number of hydrogen-bond acceptors (Lipinski definition) is 5. The number of hydrogen-bond donors (Lipinski definition) is 1. The van der Waals surface area contributed by atoms with Crippen molar-refractivity contribution >= 4 is 23.1 Å². The van der Waals surface area contributed by atoms with Crippen LogP contribution >= 0.6 is 11.8 Å². The van der Waals surface area contributed by atoms with E-state index in [1.807, 2.05) is 7.05 Å². The fraction of sp³-hybridized carbons (Fsp3) is 0.619. The zero-order valence-electron chi connectivity index (χ0n) is 17.6. The number of nitrogens with zero attached hydrogens (tertiary/aromatic N) is 2. The van der Waals surface area contributed by atoms with Crippen LogP contribution in [0, 0.1) is 0 Å². The molecule has 1 saturated heterocycles. The van der Waals surface area contributed by atoms with Gasteiger partial charge in [0.15, 0.2) is 0 Å². The lowest BCUT2D eigenvalue weighted by molar-refractivity contribution is -0.137. The highest BCUT2D eigenvalue weighted by Crippen LogP contribution is 2.33. The molecule has 1 aliphatic rings. The zero-order chi connectivity index (χ0) is 21.9. The number of likely N-dealkylation sites (tertiary alicyclic amines) is 1. The Labute approximate surface area is 176 Å². The Morgan fingerprint density at radius 1 is 1.38 bits per heavy atom. The number of nitrogens with one attached hydrogen (secondary N) is 1. The fourth-order valence-corrected chi connectivity index (χ4v) is 4.07. The lowest BCUT2D eigenvalue weighted by Crippen LogP contribution is -2.36. The maximum absolute atomic E-state index is 12.9. The minimum Gasteiger partial charge on any atom is -0.318 e. The Bertz CT molecular complexity index is 650. The second kappa shape index (κ2) is 13.0. The number of likely N-dealkylation sites (N-methyl/N-ethyl adjacent to an activating group) is 2. The van der Waals surface area contributed by atoms with Crippen molar-refractivity contribution in [3.05, 3.63) is 35.4 Å². The number of aliphatic imine (C=N–C) groups is 1. The molecule has 0 saturated carbocycles. The predicted molar refractivity (Wildman–Crippen MR) is 116 cm³/mol. The van der Waals surface area contributed by atoms with Crippen LogP contribution < -0.4 is 5.32 Å². The number of carbonyl (C=O) groups excluding carboxylic acids is 1. The summed E-state index contributed by atoms with van der Waals surface area (Å²) in [5.41, 5.74) is -0.705. The van der Waals surface area contributed by atoms with Gasteiger partial charge in [-0.1, -0.05) is 36.9 Å². The number of alkyl halides is 3. The van der Waals surface area contributed by atoms with Crippen molar-refractivity contribution in [1.82, 2.24) is 10.2 Å².